The van der Waals surface area contributed by atoms with E-state index in [0.29, 0.717) is 22.4 Å². The third-order valence-electron chi connectivity index (χ3n) is 7.03. The van der Waals surface area contributed by atoms with E-state index >= 15 is 0 Å². The summed E-state index contributed by atoms with van der Waals surface area (Å²) in [6.45, 7) is 0.466. The van der Waals surface area contributed by atoms with Crippen LogP contribution in [0, 0.1) is 0 Å². The molecule has 6 rings (SSSR count). The Kier molecular flexibility index (Phi) is 12.1. The van der Waals surface area contributed by atoms with Crippen molar-refractivity contribution in [3.8, 4) is 11.5 Å². The number of sulfonamides is 2. The smallest absolute Gasteiger partial charge is 0.253 e. The molecule has 0 saturated heterocycles. The minimum atomic E-state index is -3.69. The number of hydrogen-bond donors (Lipinski definition) is 8. The number of nitrogens with zero attached hydrogens (tertiary/aromatic N) is 2. The normalized spacial score (nSPS) is 11.4. The fraction of sp³-hybridized carbons (Fsp3) is 0.0625. The van der Waals surface area contributed by atoms with E-state index in [2.05, 4.69) is 30.5 Å². The van der Waals surface area contributed by atoms with Crippen molar-refractivity contribution in [3.05, 3.63) is 121 Å². The van der Waals surface area contributed by atoms with Gasteiger partial charge in [0, 0.05) is 64.7 Å². The van der Waals surface area contributed by atoms with E-state index in [9.17, 15) is 27.0 Å². The molecule has 14 nitrogen and oxygen atoms in total. The maximum absolute atomic E-state index is 12.2. The number of nitrogens with one attached hydrogen (secondary N) is 4. The first-order valence-corrected chi connectivity index (χ1v) is 17.2. The van der Waals surface area contributed by atoms with Crippen molar-refractivity contribution in [1.82, 2.24) is 30.5 Å². The van der Waals surface area contributed by atoms with Gasteiger partial charge in [-0.2, -0.15) is 0 Å². The second-order valence-corrected chi connectivity index (χ2v) is 13.7. The molecule has 17 heteroatoms. The molecule has 0 saturated carbocycles. The molecule has 0 aliphatic carbocycles. The standard InChI is InChI=1S/2C16H16N4O3S.Mn/c2*17-12-4-6-13(7-5-12)24(22,23)20-19-10-11-3-8-15(21)16-14(11)2-1-9-18-16;/h2*1-9,19-21H,10,17H2;. The number of phenols is 2. The fourth-order valence-corrected chi connectivity index (χ4v) is 6.36. The van der Waals surface area contributed by atoms with Crippen LogP contribution >= 0.6 is 0 Å². The van der Waals surface area contributed by atoms with Gasteiger partial charge in [0.2, 0.25) is 0 Å². The van der Waals surface area contributed by atoms with Gasteiger partial charge in [-0.1, -0.05) is 24.3 Å². The third-order valence-corrected chi connectivity index (χ3v) is 9.64. The summed E-state index contributed by atoms with van der Waals surface area (Å²) in [5.41, 5.74) is 20.0. The number of nitrogens with two attached hydrogens (primary N) is 2. The van der Waals surface area contributed by atoms with E-state index in [0.717, 1.165) is 21.9 Å². The van der Waals surface area contributed by atoms with Gasteiger partial charge in [-0.25, -0.2) is 27.7 Å². The van der Waals surface area contributed by atoms with Crippen molar-refractivity contribution in [2.45, 2.75) is 22.9 Å². The van der Waals surface area contributed by atoms with Gasteiger partial charge in [0.25, 0.3) is 20.0 Å². The van der Waals surface area contributed by atoms with E-state index < -0.39 is 20.0 Å². The van der Waals surface area contributed by atoms with Gasteiger partial charge in [-0.3, -0.25) is 9.97 Å². The van der Waals surface area contributed by atoms with Crippen LogP contribution in [0.3, 0.4) is 0 Å². The number of hydrogen-bond acceptors (Lipinski definition) is 12. The van der Waals surface area contributed by atoms with E-state index in [1.54, 1.807) is 36.7 Å². The maximum atomic E-state index is 12.2. The van der Waals surface area contributed by atoms with Crippen LogP contribution in [0.15, 0.2) is 119 Å². The van der Waals surface area contributed by atoms with Crippen molar-refractivity contribution in [2.75, 3.05) is 11.5 Å². The number of pyridine rings is 2. The molecule has 1 radical (unpaired) electrons. The fourth-order valence-electron chi connectivity index (χ4n) is 4.61. The monoisotopic (exact) mass is 743 g/mol. The number of phenolic OH excluding ortho intramolecular Hbond substituents is 2. The molecule has 0 aliphatic rings. The first kappa shape index (κ1) is 37.0. The van der Waals surface area contributed by atoms with E-state index in [1.807, 2.05) is 12.1 Å². The summed E-state index contributed by atoms with van der Waals surface area (Å²) in [5, 5.41) is 21.1. The van der Waals surface area contributed by atoms with E-state index in [4.69, 9.17) is 11.5 Å². The van der Waals surface area contributed by atoms with Crippen molar-refractivity contribution in [1.29, 1.82) is 0 Å². The van der Waals surface area contributed by atoms with Crippen molar-refractivity contribution >= 4 is 53.2 Å². The molecular weight excluding hydrogens is 711 g/mol. The molecule has 0 aliphatic heterocycles. The number of aromatic nitrogens is 2. The minimum Gasteiger partial charge on any atom is -0.506 e. The molecule has 10 N–H and O–H groups in total. The summed E-state index contributed by atoms with van der Waals surface area (Å²) in [6.07, 6.45) is 3.17. The Hall–Kier alpha value is -4.84. The summed E-state index contributed by atoms with van der Waals surface area (Å²) in [4.78, 5) is 13.1. The SMILES string of the molecule is Nc1ccc(S(=O)(=O)NNCc2ccc(O)c3ncccc23)cc1.Nc1ccc(S(=O)(=O)NNCc2ccc(O)c3ncccc23)cc1.[Mn]. The number of rotatable bonds is 10. The third kappa shape index (κ3) is 9.20. The second kappa shape index (κ2) is 16.0. The van der Waals surface area contributed by atoms with Gasteiger partial charge in [0.05, 0.1) is 9.79 Å². The summed E-state index contributed by atoms with van der Waals surface area (Å²) in [6, 6.07) is 25.4. The largest absolute Gasteiger partial charge is 0.506 e. The molecule has 255 valence electrons. The van der Waals surface area contributed by atoms with E-state index in [-0.39, 0.29) is 51.4 Å². The first-order chi connectivity index (χ1) is 22.9. The van der Waals surface area contributed by atoms with Crippen LogP contribution in [0.25, 0.3) is 21.8 Å². The van der Waals surface area contributed by atoms with Crippen LogP contribution in [0.2, 0.25) is 0 Å². The molecule has 0 amide bonds. The molecule has 2 heterocycles. The Morgan fingerprint density at radius 3 is 1.29 bits per heavy atom. The van der Waals surface area contributed by atoms with Crippen LogP contribution in [0.1, 0.15) is 11.1 Å². The molecule has 0 fully saturated rings. The number of aromatic hydroxyl groups is 2. The van der Waals surface area contributed by atoms with Gasteiger partial charge >= 0.3 is 0 Å². The Labute approximate surface area is 293 Å². The summed E-state index contributed by atoms with van der Waals surface area (Å²) < 4.78 is 48.7. The van der Waals surface area contributed by atoms with Gasteiger partial charge in [-0.05, 0) is 83.9 Å². The van der Waals surface area contributed by atoms with Gasteiger partial charge in [0.15, 0.2) is 0 Å². The summed E-state index contributed by atoms with van der Waals surface area (Å²) in [7, 11) is -7.38. The quantitative estimate of drug-likeness (QED) is 0.0575. The Balaban J connectivity index is 0.000000216. The molecule has 0 bridgehead atoms. The average molecular weight is 744 g/mol. The predicted octanol–water partition coefficient (Wildman–Crippen LogP) is 3.01. The van der Waals surface area contributed by atoms with Gasteiger partial charge < -0.3 is 21.7 Å². The zero-order valence-electron chi connectivity index (χ0n) is 25.6. The Bertz CT molecular complexity index is 2110. The van der Waals surface area contributed by atoms with Crippen LogP contribution < -0.4 is 32.0 Å². The molecule has 6 aromatic rings. The van der Waals surface area contributed by atoms with Crippen molar-refractivity contribution in [3.63, 3.8) is 0 Å². The molecule has 4 aromatic carbocycles. The second-order valence-electron chi connectivity index (χ2n) is 10.3. The molecular formula is C32H32MnN8O6S2. The minimum absolute atomic E-state index is 0. The number of anilines is 2. The molecule has 0 spiro atoms. The number of benzene rings is 4. The number of nitrogen functional groups attached to an aromatic ring is 2. The van der Waals surface area contributed by atoms with Crippen molar-refractivity contribution < 1.29 is 44.1 Å². The van der Waals surface area contributed by atoms with Gasteiger partial charge in [0.1, 0.15) is 22.5 Å². The zero-order chi connectivity index (χ0) is 34.3. The van der Waals surface area contributed by atoms with Gasteiger partial charge in [-0.15, -0.1) is 9.66 Å². The van der Waals surface area contributed by atoms with Crippen molar-refractivity contribution in [2.24, 2.45) is 0 Å². The first-order valence-electron chi connectivity index (χ1n) is 14.3. The molecule has 2 aromatic heterocycles. The Morgan fingerprint density at radius 1 is 0.551 bits per heavy atom. The topological polar surface area (TPSA) is 235 Å². The number of hydrazine groups is 2. The molecule has 0 atom stereocenters. The molecule has 49 heavy (non-hydrogen) atoms. The molecule has 0 unspecified atom stereocenters. The Morgan fingerprint density at radius 2 is 0.918 bits per heavy atom. The van der Waals surface area contributed by atoms with Crippen LogP contribution in [-0.4, -0.2) is 37.0 Å². The zero-order valence-corrected chi connectivity index (χ0v) is 28.4. The van der Waals surface area contributed by atoms with Crippen LogP contribution in [0.4, 0.5) is 11.4 Å². The summed E-state index contributed by atoms with van der Waals surface area (Å²) >= 11 is 0. The van der Waals surface area contributed by atoms with Crippen LogP contribution in [-0.2, 0) is 50.2 Å². The van der Waals surface area contributed by atoms with Crippen LogP contribution in [0.5, 0.6) is 11.5 Å². The van der Waals surface area contributed by atoms with E-state index in [1.165, 1.54) is 60.7 Å². The maximum Gasteiger partial charge on any atom is 0.253 e. The predicted molar refractivity (Wildman–Crippen MR) is 183 cm³/mol. The average Bonchev–Trinajstić information content (AvgIpc) is 3.08. The summed E-state index contributed by atoms with van der Waals surface area (Å²) in [5.74, 6) is 0.161. The number of fused-ring (bicyclic) bond motifs is 2.